The molecule has 4 rings (SSSR count). The number of benzene rings is 3. The predicted molar refractivity (Wildman–Crippen MR) is 145 cm³/mol. The van der Waals surface area contributed by atoms with Crippen molar-refractivity contribution >= 4 is 51.7 Å². The fourth-order valence-electron chi connectivity index (χ4n) is 3.61. The third kappa shape index (κ3) is 6.32. The summed E-state index contributed by atoms with van der Waals surface area (Å²) in [5.74, 6) is -0.251. The molecule has 0 bridgehead atoms. The molecule has 35 heavy (non-hydrogen) atoms. The second-order valence-electron chi connectivity index (χ2n) is 8.03. The molecule has 0 aromatic heterocycles. The van der Waals surface area contributed by atoms with Gasteiger partial charge in [0.25, 0.3) is 5.91 Å². The number of aliphatic imine (C=N–C) groups is 1. The van der Waals surface area contributed by atoms with Gasteiger partial charge >= 0.3 is 0 Å². The van der Waals surface area contributed by atoms with Crippen molar-refractivity contribution in [3.8, 4) is 0 Å². The van der Waals surface area contributed by atoms with Gasteiger partial charge in [-0.05, 0) is 49.2 Å². The van der Waals surface area contributed by atoms with E-state index in [0.29, 0.717) is 32.8 Å². The van der Waals surface area contributed by atoms with Crippen molar-refractivity contribution in [2.75, 3.05) is 16.4 Å². The van der Waals surface area contributed by atoms with Gasteiger partial charge in [0, 0.05) is 22.1 Å². The minimum absolute atomic E-state index is 0.150. The number of para-hydroxylation sites is 1. The van der Waals surface area contributed by atoms with Gasteiger partial charge in [-0.1, -0.05) is 78.0 Å². The highest BCUT2D eigenvalue weighted by molar-refractivity contribution is 8.14. The van der Waals surface area contributed by atoms with Crippen LogP contribution in [-0.4, -0.2) is 22.7 Å². The molecule has 1 aliphatic rings. The molecule has 3 N–H and O–H groups in total. The van der Waals surface area contributed by atoms with Crippen LogP contribution in [0.15, 0.2) is 95.1 Å². The molecule has 3 aromatic carbocycles. The number of carbonyl (C=O) groups excluding carboxylic acids is 2. The van der Waals surface area contributed by atoms with Crippen molar-refractivity contribution in [3.05, 3.63) is 106 Å². The lowest BCUT2D eigenvalue weighted by Crippen LogP contribution is -2.32. The summed E-state index contributed by atoms with van der Waals surface area (Å²) in [7, 11) is 0. The Morgan fingerprint density at radius 2 is 1.63 bits per heavy atom. The Balaban J connectivity index is 1.49. The lowest BCUT2D eigenvalue weighted by Gasteiger charge is -2.26. The molecule has 1 heterocycles. The van der Waals surface area contributed by atoms with Gasteiger partial charge < -0.3 is 16.0 Å². The molecule has 0 spiro atoms. The fourth-order valence-corrected chi connectivity index (χ4v) is 4.54. The summed E-state index contributed by atoms with van der Waals surface area (Å²) < 4.78 is 0. The van der Waals surface area contributed by atoms with Crippen molar-refractivity contribution in [1.82, 2.24) is 5.32 Å². The molecule has 0 fully saturated rings. The first-order valence-electron chi connectivity index (χ1n) is 11.1. The number of halogens is 1. The molecule has 6 nitrogen and oxygen atoms in total. The summed E-state index contributed by atoms with van der Waals surface area (Å²) in [6.07, 6.45) is 0. The maximum atomic E-state index is 13.2. The summed E-state index contributed by atoms with van der Waals surface area (Å²) in [6.45, 7) is 3.75. The van der Waals surface area contributed by atoms with E-state index in [1.165, 1.54) is 11.8 Å². The zero-order valence-corrected chi connectivity index (χ0v) is 20.9. The molecule has 3 aromatic rings. The van der Waals surface area contributed by atoms with Crippen molar-refractivity contribution < 1.29 is 9.59 Å². The number of hydrogen-bond acceptors (Lipinski definition) is 5. The number of nitrogens with zero attached hydrogens (tertiary/aromatic N) is 1. The maximum Gasteiger partial charge on any atom is 0.255 e. The average Bonchev–Trinajstić information content (AvgIpc) is 2.85. The number of allylic oxidation sites excluding steroid dienone is 1. The number of anilines is 2. The molecule has 178 valence electrons. The molecular weight excluding hydrogens is 480 g/mol. The van der Waals surface area contributed by atoms with Gasteiger partial charge in [-0.2, -0.15) is 0 Å². The van der Waals surface area contributed by atoms with E-state index in [2.05, 4.69) is 16.0 Å². The van der Waals surface area contributed by atoms with E-state index in [1.807, 2.05) is 86.6 Å². The summed E-state index contributed by atoms with van der Waals surface area (Å²) >= 11 is 7.43. The number of hydrogen-bond donors (Lipinski definition) is 3. The van der Waals surface area contributed by atoms with E-state index in [-0.39, 0.29) is 17.6 Å². The second-order valence-corrected chi connectivity index (χ2v) is 9.40. The Bertz CT molecular complexity index is 1290. The molecule has 1 atom stereocenters. The van der Waals surface area contributed by atoms with Crippen molar-refractivity contribution in [3.63, 3.8) is 0 Å². The minimum Gasteiger partial charge on any atom is -0.338 e. The molecule has 1 aliphatic heterocycles. The van der Waals surface area contributed by atoms with Gasteiger partial charge in [0.2, 0.25) is 5.91 Å². The molecule has 2 amide bonds. The van der Waals surface area contributed by atoms with Crippen LogP contribution in [0.5, 0.6) is 0 Å². The minimum atomic E-state index is -0.498. The number of aryl methyl sites for hydroxylation is 1. The van der Waals surface area contributed by atoms with Crippen LogP contribution in [-0.2, 0) is 9.59 Å². The van der Waals surface area contributed by atoms with Crippen LogP contribution in [0.3, 0.4) is 0 Å². The Morgan fingerprint density at radius 1 is 0.943 bits per heavy atom. The van der Waals surface area contributed by atoms with Crippen LogP contribution in [0.2, 0.25) is 5.02 Å². The predicted octanol–water partition coefficient (Wildman–Crippen LogP) is 5.93. The lowest BCUT2D eigenvalue weighted by molar-refractivity contribution is -0.114. The number of amides is 2. The fraction of sp³-hybridized carbons (Fsp3) is 0.148. The number of carbonyl (C=O) groups is 2. The third-order valence-electron chi connectivity index (χ3n) is 5.41. The van der Waals surface area contributed by atoms with E-state index in [1.54, 1.807) is 6.07 Å². The van der Waals surface area contributed by atoms with Crippen LogP contribution in [0.25, 0.3) is 0 Å². The van der Waals surface area contributed by atoms with Crippen molar-refractivity contribution in [2.24, 2.45) is 4.99 Å². The summed E-state index contributed by atoms with van der Waals surface area (Å²) in [5, 5.41) is 10.2. The van der Waals surface area contributed by atoms with Gasteiger partial charge in [0.15, 0.2) is 5.17 Å². The maximum absolute atomic E-state index is 13.2. The van der Waals surface area contributed by atoms with Crippen LogP contribution >= 0.6 is 23.4 Å². The highest BCUT2D eigenvalue weighted by Crippen LogP contribution is 2.33. The Kier molecular flexibility index (Phi) is 7.90. The number of amidine groups is 1. The number of thioether (sulfide) groups is 1. The SMILES string of the molecule is CC1=C(C(=O)Nc2ccccc2)[C@H](c2ccccc2)N=C(SCC(=O)Nc2ccc(C)c(Cl)c2)N1. The van der Waals surface area contributed by atoms with Crippen molar-refractivity contribution in [1.29, 1.82) is 0 Å². The highest BCUT2D eigenvalue weighted by atomic mass is 35.5. The van der Waals surface area contributed by atoms with E-state index in [9.17, 15) is 9.59 Å². The van der Waals surface area contributed by atoms with Crippen LogP contribution < -0.4 is 16.0 Å². The standard InChI is InChI=1S/C27H25ClN4O2S/c1-17-13-14-21(15-22(17)28)30-23(33)16-35-27-29-18(2)24(25(32-27)19-9-5-3-6-10-19)26(34)31-20-11-7-4-8-12-20/h3-15,25H,16H2,1-2H3,(H,29,32)(H,30,33)(H,31,34)/t25-/m0/s1. The molecule has 0 saturated carbocycles. The summed E-state index contributed by atoms with van der Waals surface area (Å²) in [5.41, 5.74) is 4.41. The van der Waals surface area contributed by atoms with E-state index >= 15 is 0 Å². The lowest BCUT2D eigenvalue weighted by atomic mass is 9.96. The van der Waals surface area contributed by atoms with E-state index < -0.39 is 6.04 Å². The van der Waals surface area contributed by atoms with Crippen molar-refractivity contribution in [2.45, 2.75) is 19.9 Å². The first-order chi connectivity index (χ1) is 16.9. The Hall–Kier alpha value is -3.55. The summed E-state index contributed by atoms with van der Waals surface area (Å²) in [4.78, 5) is 30.6. The molecule has 0 saturated heterocycles. The molecular formula is C27H25ClN4O2S. The molecule has 0 unspecified atom stereocenters. The van der Waals surface area contributed by atoms with E-state index in [0.717, 1.165) is 11.1 Å². The summed E-state index contributed by atoms with van der Waals surface area (Å²) in [6, 6.07) is 23.9. The zero-order chi connectivity index (χ0) is 24.8. The average molecular weight is 505 g/mol. The number of rotatable bonds is 6. The highest BCUT2D eigenvalue weighted by Gasteiger charge is 2.29. The Labute approximate surface area is 213 Å². The van der Waals surface area contributed by atoms with Gasteiger partial charge in [-0.3, -0.25) is 9.59 Å². The smallest absolute Gasteiger partial charge is 0.255 e. The first-order valence-corrected chi connectivity index (χ1v) is 12.4. The molecule has 8 heteroatoms. The topological polar surface area (TPSA) is 82.6 Å². The van der Waals surface area contributed by atoms with Gasteiger partial charge in [-0.15, -0.1) is 0 Å². The number of nitrogens with one attached hydrogen (secondary N) is 3. The van der Waals surface area contributed by atoms with E-state index in [4.69, 9.17) is 16.6 Å². The Morgan fingerprint density at radius 3 is 2.31 bits per heavy atom. The second kappa shape index (κ2) is 11.3. The monoisotopic (exact) mass is 504 g/mol. The van der Waals surface area contributed by atoms with Gasteiger partial charge in [0.05, 0.1) is 11.3 Å². The quantitative estimate of drug-likeness (QED) is 0.388. The van der Waals surface area contributed by atoms with Gasteiger partial charge in [-0.25, -0.2) is 4.99 Å². The van der Waals surface area contributed by atoms with Crippen LogP contribution in [0.1, 0.15) is 24.1 Å². The van der Waals surface area contributed by atoms with Crippen LogP contribution in [0.4, 0.5) is 11.4 Å². The zero-order valence-electron chi connectivity index (χ0n) is 19.3. The molecule has 0 radical (unpaired) electrons. The third-order valence-corrected chi connectivity index (χ3v) is 6.70. The van der Waals surface area contributed by atoms with Gasteiger partial charge in [0.1, 0.15) is 6.04 Å². The largest absolute Gasteiger partial charge is 0.338 e. The first kappa shape index (κ1) is 24.6. The normalized spacial score (nSPS) is 15.2. The van der Waals surface area contributed by atoms with Crippen LogP contribution in [0, 0.1) is 6.92 Å². The molecule has 0 aliphatic carbocycles.